The van der Waals surface area contributed by atoms with Crippen LogP contribution in [-0.4, -0.2) is 26.5 Å². The Kier molecular flexibility index (Phi) is 2.30. The van der Waals surface area contributed by atoms with Gasteiger partial charge < -0.3 is 0 Å². The van der Waals surface area contributed by atoms with Gasteiger partial charge in [-0.1, -0.05) is 24.6 Å². The first-order valence-corrected chi connectivity index (χ1v) is 5.46. The maximum Gasteiger partial charge on any atom is 0.209 e. The van der Waals surface area contributed by atoms with Gasteiger partial charge in [-0.25, -0.2) is 4.68 Å². The van der Waals surface area contributed by atoms with Crippen molar-refractivity contribution in [3.05, 3.63) is 0 Å². The Hall–Kier alpha value is -0.580. The van der Waals surface area contributed by atoms with Gasteiger partial charge in [-0.05, 0) is 29.5 Å². The number of tetrazole rings is 1. The molecule has 0 aromatic carbocycles. The van der Waals surface area contributed by atoms with E-state index in [0.717, 1.165) is 5.16 Å². The lowest BCUT2D eigenvalue weighted by molar-refractivity contribution is 0.423. The van der Waals surface area contributed by atoms with E-state index in [1.807, 2.05) is 10.9 Å². The van der Waals surface area contributed by atoms with Gasteiger partial charge >= 0.3 is 0 Å². The molecule has 0 bridgehead atoms. The number of hydrogen-bond donors (Lipinski definition) is 0. The van der Waals surface area contributed by atoms with E-state index in [-0.39, 0.29) is 0 Å². The SMILES string of the molecule is CSc1nnnn1C1CCCC1. The molecule has 0 amide bonds. The Morgan fingerprint density at radius 2 is 2.17 bits per heavy atom. The second-order valence-corrected chi connectivity index (χ2v) is 3.82. The molecule has 0 radical (unpaired) electrons. The lowest BCUT2D eigenvalue weighted by atomic mass is 10.3. The second-order valence-electron chi connectivity index (χ2n) is 3.05. The third-order valence-electron chi connectivity index (χ3n) is 2.32. The van der Waals surface area contributed by atoms with Gasteiger partial charge in [0.25, 0.3) is 0 Å². The summed E-state index contributed by atoms with van der Waals surface area (Å²) in [4.78, 5) is 0. The molecule has 1 heterocycles. The summed E-state index contributed by atoms with van der Waals surface area (Å²) in [6.07, 6.45) is 7.12. The summed E-state index contributed by atoms with van der Waals surface area (Å²) < 4.78 is 1.97. The van der Waals surface area contributed by atoms with Crippen LogP contribution in [0.5, 0.6) is 0 Å². The van der Waals surface area contributed by atoms with Crippen molar-refractivity contribution in [2.24, 2.45) is 0 Å². The highest BCUT2D eigenvalue weighted by Gasteiger charge is 2.20. The van der Waals surface area contributed by atoms with Crippen molar-refractivity contribution in [3.63, 3.8) is 0 Å². The zero-order chi connectivity index (χ0) is 8.39. The smallest absolute Gasteiger partial charge is 0.209 e. The van der Waals surface area contributed by atoms with Crippen LogP contribution in [0.1, 0.15) is 31.7 Å². The summed E-state index contributed by atoms with van der Waals surface area (Å²) in [5.41, 5.74) is 0. The van der Waals surface area contributed by atoms with Crippen LogP contribution >= 0.6 is 11.8 Å². The zero-order valence-electron chi connectivity index (χ0n) is 7.10. The molecule has 0 aliphatic heterocycles. The van der Waals surface area contributed by atoms with Crippen molar-refractivity contribution in [1.82, 2.24) is 20.2 Å². The van der Waals surface area contributed by atoms with Gasteiger partial charge in [0.2, 0.25) is 5.16 Å². The van der Waals surface area contributed by atoms with E-state index in [0.29, 0.717) is 6.04 Å². The molecule has 1 aliphatic rings. The summed E-state index contributed by atoms with van der Waals surface area (Å²) in [5, 5.41) is 12.6. The third-order valence-corrected chi connectivity index (χ3v) is 2.95. The average molecular weight is 184 g/mol. The Morgan fingerprint density at radius 1 is 1.42 bits per heavy atom. The number of rotatable bonds is 2. The maximum absolute atomic E-state index is 4.00. The van der Waals surface area contributed by atoms with Crippen LogP contribution in [0.4, 0.5) is 0 Å². The largest absolute Gasteiger partial charge is 0.217 e. The van der Waals surface area contributed by atoms with Crippen molar-refractivity contribution in [2.45, 2.75) is 36.9 Å². The summed E-state index contributed by atoms with van der Waals surface area (Å²) in [6.45, 7) is 0. The van der Waals surface area contributed by atoms with Crippen LogP contribution in [0.15, 0.2) is 5.16 Å². The van der Waals surface area contributed by atoms with Gasteiger partial charge in [0.05, 0.1) is 6.04 Å². The predicted molar refractivity (Wildman–Crippen MR) is 47.1 cm³/mol. The van der Waals surface area contributed by atoms with E-state index in [1.165, 1.54) is 25.7 Å². The lowest BCUT2D eigenvalue weighted by Crippen LogP contribution is -2.07. The summed E-state index contributed by atoms with van der Waals surface area (Å²) >= 11 is 1.62. The highest BCUT2D eigenvalue weighted by molar-refractivity contribution is 7.98. The fraction of sp³-hybridized carbons (Fsp3) is 0.857. The molecule has 4 nitrogen and oxygen atoms in total. The van der Waals surface area contributed by atoms with E-state index in [4.69, 9.17) is 0 Å². The van der Waals surface area contributed by atoms with E-state index in [9.17, 15) is 0 Å². The Morgan fingerprint density at radius 3 is 2.83 bits per heavy atom. The molecule has 2 rings (SSSR count). The molecule has 12 heavy (non-hydrogen) atoms. The molecule has 1 aromatic heterocycles. The minimum atomic E-state index is 0.558. The molecule has 0 spiro atoms. The monoisotopic (exact) mass is 184 g/mol. The van der Waals surface area contributed by atoms with E-state index >= 15 is 0 Å². The predicted octanol–water partition coefficient (Wildman–Crippen LogP) is 1.51. The van der Waals surface area contributed by atoms with Gasteiger partial charge in [-0.15, -0.1) is 5.10 Å². The molecule has 1 saturated carbocycles. The van der Waals surface area contributed by atoms with Crippen molar-refractivity contribution in [2.75, 3.05) is 6.26 Å². The lowest BCUT2D eigenvalue weighted by Gasteiger charge is -2.08. The fourth-order valence-electron chi connectivity index (χ4n) is 1.70. The minimum absolute atomic E-state index is 0.558. The van der Waals surface area contributed by atoms with Gasteiger partial charge in [0, 0.05) is 0 Å². The van der Waals surface area contributed by atoms with Crippen molar-refractivity contribution >= 4 is 11.8 Å². The van der Waals surface area contributed by atoms with E-state index in [2.05, 4.69) is 15.5 Å². The number of hydrogen-bond acceptors (Lipinski definition) is 4. The molecule has 0 unspecified atom stereocenters. The molecule has 66 valence electrons. The van der Waals surface area contributed by atoms with Gasteiger partial charge in [-0.3, -0.25) is 0 Å². The molecule has 5 heteroatoms. The van der Waals surface area contributed by atoms with Crippen LogP contribution in [-0.2, 0) is 0 Å². The highest BCUT2D eigenvalue weighted by Crippen LogP contribution is 2.30. The van der Waals surface area contributed by atoms with Crippen molar-refractivity contribution < 1.29 is 0 Å². The van der Waals surface area contributed by atoms with Crippen LogP contribution < -0.4 is 0 Å². The van der Waals surface area contributed by atoms with E-state index < -0.39 is 0 Å². The normalized spacial score (nSPS) is 18.8. The number of aromatic nitrogens is 4. The van der Waals surface area contributed by atoms with Crippen LogP contribution in [0.3, 0.4) is 0 Å². The van der Waals surface area contributed by atoms with Crippen molar-refractivity contribution in [1.29, 1.82) is 0 Å². The number of thioether (sulfide) groups is 1. The maximum atomic E-state index is 4.00. The van der Waals surface area contributed by atoms with Gasteiger partial charge in [0.15, 0.2) is 0 Å². The molecule has 0 N–H and O–H groups in total. The first kappa shape index (κ1) is 8.04. The first-order chi connectivity index (χ1) is 5.92. The molecular formula is C7H12N4S. The second kappa shape index (κ2) is 3.43. The van der Waals surface area contributed by atoms with Crippen LogP contribution in [0.2, 0.25) is 0 Å². The quantitative estimate of drug-likeness (QED) is 0.653. The third kappa shape index (κ3) is 1.33. The zero-order valence-corrected chi connectivity index (χ0v) is 7.92. The minimum Gasteiger partial charge on any atom is -0.217 e. The van der Waals surface area contributed by atoms with Gasteiger partial charge in [-0.2, -0.15) is 0 Å². The highest BCUT2D eigenvalue weighted by atomic mass is 32.2. The molecule has 1 aromatic rings. The summed E-state index contributed by atoms with van der Waals surface area (Å²) in [5.74, 6) is 0. The standard InChI is InChI=1S/C7H12N4S/c1-12-7-8-9-10-11(7)6-4-2-3-5-6/h6H,2-5H2,1H3. The van der Waals surface area contributed by atoms with Crippen molar-refractivity contribution in [3.8, 4) is 0 Å². The molecule has 0 atom stereocenters. The van der Waals surface area contributed by atoms with Crippen LogP contribution in [0, 0.1) is 0 Å². The molecular weight excluding hydrogens is 172 g/mol. The van der Waals surface area contributed by atoms with Crippen LogP contribution in [0.25, 0.3) is 0 Å². The fourth-order valence-corrected chi connectivity index (χ4v) is 2.19. The van der Waals surface area contributed by atoms with Gasteiger partial charge in [0.1, 0.15) is 0 Å². The Balaban J connectivity index is 2.19. The molecule has 1 fully saturated rings. The van der Waals surface area contributed by atoms with E-state index in [1.54, 1.807) is 11.8 Å². The first-order valence-electron chi connectivity index (χ1n) is 4.23. The average Bonchev–Trinajstić information content (AvgIpc) is 2.74. The topological polar surface area (TPSA) is 43.6 Å². The molecule has 0 saturated heterocycles. The molecule has 1 aliphatic carbocycles. The Bertz CT molecular complexity index is 254. The number of nitrogens with zero attached hydrogens (tertiary/aromatic N) is 4. The summed E-state index contributed by atoms with van der Waals surface area (Å²) in [7, 11) is 0. The summed E-state index contributed by atoms with van der Waals surface area (Å²) in [6, 6.07) is 0.558. The Labute approximate surface area is 75.7 Å².